The Labute approximate surface area is 129 Å². The normalized spacial score (nSPS) is 11.2. The predicted octanol–water partition coefficient (Wildman–Crippen LogP) is 5.14. The topological polar surface area (TPSA) is 25.2 Å². The summed E-state index contributed by atoms with van der Waals surface area (Å²) in [5.41, 5.74) is 1.14. The van der Waals surface area contributed by atoms with Crippen LogP contribution in [0.4, 0.5) is 0 Å². The SMILES string of the molecule is Cc1occc1Sc1ccc(CNCC(C)C)c(Cl)c1. The fourth-order valence-corrected chi connectivity index (χ4v) is 3.03. The summed E-state index contributed by atoms with van der Waals surface area (Å²) in [6, 6.07) is 8.19. The number of furan rings is 1. The lowest BCUT2D eigenvalue weighted by Crippen LogP contribution is -2.19. The molecular formula is C16H20ClNOS. The molecule has 0 saturated carbocycles. The second-order valence-corrected chi connectivity index (χ2v) is 6.74. The third-order valence-electron chi connectivity index (χ3n) is 2.93. The molecule has 4 heteroatoms. The van der Waals surface area contributed by atoms with E-state index in [2.05, 4.69) is 31.3 Å². The van der Waals surface area contributed by atoms with Crippen LogP contribution in [0.15, 0.2) is 44.7 Å². The van der Waals surface area contributed by atoms with Crippen LogP contribution in [0.3, 0.4) is 0 Å². The minimum Gasteiger partial charge on any atom is -0.468 e. The first-order valence-electron chi connectivity index (χ1n) is 6.77. The second-order valence-electron chi connectivity index (χ2n) is 5.22. The first-order chi connectivity index (χ1) is 9.56. The minimum atomic E-state index is 0.646. The fourth-order valence-electron chi connectivity index (χ4n) is 1.84. The van der Waals surface area contributed by atoms with Crippen molar-refractivity contribution in [3.8, 4) is 0 Å². The van der Waals surface area contributed by atoms with Crippen LogP contribution >= 0.6 is 23.4 Å². The van der Waals surface area contributed by atoms with Gasteiger partial charge in [0.05, 0.1) is 11.2 Å². The molecule has 0 bridgehead atoms. The summed E-state index contributed by atoms with van der Waals surface area (Å²) in [4.78, 5) is 2.26. The Bertz CT molecular complexity index is 565. The molecule has 108 valence electrons. The van der Waals surface area contributed by atoms with E-state index in [1.54, 1.807) is 18.0 Å². The highest BCUT2D eigenvalue weighted by Gasteiger charge is 2.07. The van der Waals surface area contributed by atoms with Crippen LogP contribution in [0, 0.1) is 12.8 Å². The van der Waals surface area contributed by atoms with Gasteiger partial charge in [-0.15, -0.1) is 0 Å². The fraction of sp³-hybridized carbons (Fsp3) is 0.375. The zero-order valence-electron chi connectivity index (χ0n) is 12.1. The van der Waals surface area contributed by atoms with Crippen molar-refractivity contribution in [3.05, 3.63) is 46.9 Å². The largest absolute Gasteiger partial charge is 0.468 e. The molecule has 2 rings (SSSR count). The monoisotopic (exact) mass is 309 g/mol. The van der Waals surface area contributed by atoms with Crippen molar-refractivity contribution in [2.75, 3.05) is 6.54 Å². The third-order valence-corrected chi connectivity index (χ3v) is 4.42. The summed E-state index contributed by atoms with van der Waals surface area (Å²) in [5.74, 6) is 1.58. The molecule has 1 aromatic carbocycles. The van der Waals surface area contributed by atoms with Gasteiger partial charge in [-0.25, -0.2) is 0 Å². The van der Waals surface area contributed by atoms with E-state index in [1.807, 2.05) is 19.1 Å². The van der Waals surface area contributed by atoms with Crippen LogP contribution in [0.25, 0.3) is 0 Å². The molecule has 0 aliphatic rings. The second kappa shape index (κ2) is 7.21. The Balaban J connectivity index is 2.00. The molecule has 0 saturated heterocycles. The summed E-state index contributed by atoms with van der Waals surface area (Å²) in [7, 11) is 0. The average Bonchev–Trinajstić information content (AvgIpc) is 2.77. The van der Waals surface area contributed by atoms with E-state index in [-0.39, 0.29) is 0 Å². The van der Waals surface area contributed by atoms with E-state index in [0.717, 1.165) is 39.2 Å². The molecule has 0 amide bonds. The van der Waals surface area contributed by atoms with Gasteiger partial charge in [-0.1, -0.05) is 43.3 Å². The maximum Gasteiger partial charge on any atom is 0.114 e. The van der Waals surface area contributed by atoms with Gasteiger partial charge >= 0.3 is 0 Å². The van der Waals surface area contributed by atoms with E-state index < -0.39 is 0 Å². The molecule has 0 atom stereocenters. The van der Waals surface area contributed by atoms with E-state index in [9.17, 15) is 0 Å². The van der Waals surface area contributed by atoms with Gasteiger partial charge in [0.2, 0.25) is 0 Å². The first kappa shape index (κ1) is 15.5. The zero-order chi connectivity index (χ0) is 14.5. The van der Waals surface area contributed by atoms with Gasteiger partial charge in [0.15, 0.2) is 0 Å². The molecule has 0 aliphatic heterocycles. The van der Waals surface area contributed by atoms with E-state index in [1.165, 1.54) is 0 Å². The van der Waals surface area contributed by atoms with Crippen molar-refractivity contribution in [2.45, 2.75) is 37.1 Å². The van der Waals surface area contributed by atoms with Gasteiger partial charge in [0.25, 0.3) is 0 Å². The molecule has 0 radical (unpaired) electrons. The van der Waals surface area contributed by atoms with Crippen molar-refractivity contribution < 1.29 is 4.42 Å². The van der Waals surface area contributed by atoms with Gasteiger partial charge in [-0.3, -0.25) is 0 Å². The van der Waals surface area contributed by atoms with Gasteiger partial charge in [-0.05, 0) is 43.1 Å². The lowest BCUT2D eigenvalue weighted by molar-refractivity contribution is 0.527. The molecule has 1 N–H and O–H groups in total. The van der Waals surface area contributed by atoms with Gasteiger partial charge < -0.3 is 9.73 Å². The number of nitrogens with one attached hydrogen (secondary N) is 1. The summed E-state index contributed by atoms with van der Waals surface area (Å²) in [5, 5.41) is 4.22. The van der Waals surface area contributed by atoms with Crippen LogP contribution in [0.2, 0.25) is 5.02 Å². The minimum absolute atomic E-state index is 0.646. The zero-order valence-corrected chi connectivity index (χ0v) is 13.6. The van der Waals surface area contributed by atoms with Crippen LogP contribution in [-0.2, 0) is 6.54 Å². The smallest absolute Gasteiger partial charge is 0.114 e. The highest BCUT2D eigenvalue weighted by atomic mass is 35.5. The Kier molecular flexibility index (Phi) is 5.58. The van der Waals surface area contributed by atoms with E-state index in [4.69, 9.17) is 16.0 Å². The molecule has 1 heterocycles. The van der Waals surface area contributed by atoms with Crippen molar-refractivity contribution >= 4 is 23.4 Å². The van der Waals surface area contributed by atoms with Gasteiger partial charge in [0.1, 0.15) is 5.76 Å². The third kappa shape index (κ3) is 4.30. The Morgan fingerprint density at radius 2 is 2.10 bits per heavy atom. The maximum absolute atomic E-state index is 6.35. The Morgan fingerprint density at radius 1 is 1.30 bits per heavy atom. The average molecular weight is 310 g/mol. The summed E-state index contributed by atoms with van der Waals surface area (Å²) >= 11 is 8.02. The number of halogens is 1. The quantitative estimate of drug-likeness (QED) is 0.800. The number of rotatable bonds is 6. The summed E-state index contributed by atoms with van der Waals surface area (Å²) < 4.78 is 5.30. The predicted molar refractivity (Wildman–Crippen MR) is 85.6 cm³/mol. The van der Waals surface area contributed by atoms with Crippen molar-refractivity contribution in [1.82, 2.24) is 5.32 Å². The van der Waals surface area contributed by atoms with Crippen molar-refractivity contribution in [1.29, 1.82) is 0 Å². The lowest BCUT2D eigenvalue weighted by atomic mass is 10.2. The lowest BCUT2D eigenvalue weighted by Gasteiger charge is -2.10. The number of benzene rings is 1. The standard InChI is InChI=1S/C16H20ClNOS/c1-11(2)9-18-10-13-4-5-14(8-15(13)17)20-16-6-7-19-12(16)3/h4-8,11,18H,9-10H2,1-3H3. The van der Waals surface area contributed by atoms with Gasteiger partial charge in [0, 0.05) is 16.5 Å². The Hall–Kier alpha value is -0.900. The molecule has 2 aromatic rings. The highest BCUT2D eigenvalue weighted by Crippen LogP contribution is 2.33. The molecule has 0 fully saturated rings. The molecule has 0 aliphatic carbocycles. The van der Waals surface area contributed by atoms with Crippen LogP contribution in [-0.4, -0.2) is 6.54 Å². The maximum atomic E-state index is 6.35. The molecular weight excluding hydrogens is 290 g/mol. The number of hydrogen-bond acceptors (Lipinski definition) is 3. The van der Waals surface area contributed by atoms with Crippen LogP contribution < -0.4 is 5.32 Å². The summed E-state index contributed by atoms with van der Waals surface area (Å²) in [6.07, 6.45) is 1.71. The molecule has 20 heavy (non-hydrogen) atoms. The number of aryl methyl sites for hydroxylation is 1. The summed E-state index contributed by atoms with van der Waals surface area (Å²) in [6.45, 7) is 8.17. The first-order valence-corrected chi connectivity index (χ1v) is 7.97. The van der Waals surface area contributed by atoms with E-state index in [0.29, 0.717) is 5.92 Å². The van der Waals surface area contributed by atoms with Crippen molar-refractivity contribution in [2.24, 2.45) is 5.92 Å². The van der Waals surface area contributed by atoms with Crippen LogP contribution in [0.5, 0.6) is 0 Å². The molecule has 1 aromatic heterocycles. The highest BCUT2D eigenvalue weighted by molar-refractivity contribution is 7.99. The molecule has 0 spiro atoms. The van der Waals surface area contributed by atoms with Crippen LogP contribution in [0.1, 0.15) is 25.2 Å². The van der Waals surface area contributed by atoms with Crippen molar-refractivity contribution in [3.63, 3.8) is 0 Å². The molecule has 0 unspecified atom stereocenters. The van der Waals surface area contributed by atoms with Gasteiger partial charge in [-0.2, -0.15) is 0 Å². The molecule has 2 nitrogen and oxygen atoms in total. The van der Waals surface area contributed by atoms with E-state index >= 15 is 0 Å². The Morgan fingerprint density at radius 3 is 2.70 bits per heavy atom. The number of hydrogen-bond donors (Lipinski definition) is 1.